The van der Waals surface area contributed by atoms with Gasteiger partial charge in [0, 0.05) is 0 Å². The first-order valence-corrected chi connectivity index (χ1v) is 6.82. The van der Waals surface area contributed by atoms with E-state index in [1.165, 1.54) is 6.26 Å². The summed E-state index contributed by atoms with van der Waals surface area (Å²) in [5.74, 6) is -0.653. The minimum atomic E-state index is -1.12. The van der Waals surface area contributed by atoms with E-state index in [0.717, 1.165) is 15.9 Å². The molecule has 3 heterocycles. The van der Waals surface area contributed by atoms with Crippen molar-refractivity contribution in [2.75, 3.05) is 0 Å². The molecule has 2 N–H and O–H groups in total. The molecule has 3 aromatic heterocycles. The molecular formula is C13H10N2O5S. The predicted molar refractivity (Wildman–Crippen MR) is 76.2 cm³/mol. The number of aryl methyl sites for hydroxylation is 1. The Morgan fingerprint density at radius 3 is 2.86 bits per heavy atom. The first kappa shape index (κ1) is 13.4. The summed E-state index contributed by atoms with van der Waals surface area (Å²) in [6.07, 6.45) is 1.45. The van der Waals surface area contributed by atoms with Crippen molar-refractivity contribution in [3.63, 3.8) is 0 Å². The molecule has 21 heavy (non-hydrogen) atoms. The lowest BCUT2D eigenvalue weighted by molar-refractivity contribution is 0.0701. The van der Waals surface area contributed by atoms with Crippen molar-refractivity contribution in [1.29, 1.82) is 0 Å². The molecule has 3 aromatic rings. The third-order valence-corrected chi connectivity index (χ3v) is 4.35. The summed E-state index contributed by atoms with van der Waals surface area (Å²) in [7, 11) is 0. The fourth-order valence-electron chi connectivity index (χ4n) is 2.16. The summed E-state index contributed by atoms with van der Waals surface area (Å²) in [6, 6.07) is 3.31. The second-order valence-corrected chi connectivity index (χ2v) is 5.49. The molecule has 0 radical (unpaired) electrons. The maximum Gasteiger partial charge on any atom is 0.346 e. The molecular weight excluding hydrogens is 296 g/mol. The van der Waals surface area contributed by atoms with Gasteiger partial charge in [0.05, 0.1) is 18.2 Å². The van der Waals surface area contributed by atoms with Crippen LogP contribution in [0.5, 0.6) is 0 Å². The first-order valence-electron chi connectivity index (χ1n) is 6.01. The largest absolute Gasteiger partial charge is 0.477 e. The number of aromatic carboxylic acids is 1. The van der Waals surface area contributed by atoms with Gasteiger partial charge in [0.1, 0.15) is 15.5 Å². The molecule has 0 unspecified atom stereocenters. The van der Waals surface area contributed by atoms with E-state index in [-0.39, 0.29) is 21.6 Å². The number of hydrogen-bond acceptors (Lipinski definition) is 5. The van der Waals surface area contributed by atoms with Crippen LogP contribution < -0.4 is 11.2 Å². The van der Waals surface area contributed by atoms with Crippen molar-refractivity contribution >= 4 is 27.5 Å². The van der Waals surface area contributed by atoms with Crippen molar-refractivity contribution in [3.05, 3.63) is 55.4 Å². The summed E-state index contributed by atoms with van der Waals surface area (Å²) in [6.45, 7) is 1.55. The van der Waals surface area contributed by atoms with E-state index in [2.05, 4.69) is 4.98 Å². The number of H-pyrrole nitrogens is 1. The third kappa shape index (κ3) is 2.09. The number of rotatable bonds is 3. The molecule has 108 valence electrons. The molecule has 0 aromatic carbocycles. The maximum atomic E-state index is 12.4. The zero-order valence-electron chi connectivity index (χ0n) is 10.9. The molecule has 0 spiro atoms. The topological polar surface area (TPSA) is 105 Å². The number of nitrogens with zero attached hydrogens (tertiary/aromatic N) is 1. The van der Waals surface area contributed by atoms with Crippen LogP contribution in [-0.2, 0) is 6.54 Å². The van der Waals surface area contributed by atoms with Gasteiger partial charge in [-0.25, -0.2) is 9.59 Å². The number of hydrogen-bond donors (Lipinski definition) is 2. The van der Waals surface area contributed by atoms with E-state index < -0.39 is 17.2 Å². The van der Waals surface area contributed by atoms with Gasteiger partial charge in [0.2, 0.25) is 0 Å². The fraction of sp³-hybridized carbons (Fsp3) is 0.154. The normalized spacial score (nSPS) is 11.1. The summed E-state index contributed by atoms with van der Waals surface area (Å²) in [5, 5.41) is 9.32. The van der Waals surface area contributed by atoms with E-state index >= 15 is 0 Å². The van der Waals surface area contributed by atoms with Gasteiger partial charge >= 0.3 is 11.7 Å². The highest BCUT2D eigenvalue weighted by atomic mass is 32.1. The lowest BCUT2D eigenvalue weighted by atomic mass is 10.2. The Balaban J connectivity index is 2.28. The number of furan rings is 1. The van der Waals surface area contributed by atoms with E-state index in [4.69, 9.17) is 9.52 Å². The Morgan fingerprint density at radius 1 is 1.48 bits per heavy atom. The maximum absolute atomic E-state index is 12.4. The zero-order valence-corrected chi connectivity index (χ0v) is 11.7. The number of fused-ring (bicyclic) bond motifs is 1. The molecule has 0 saturated carbocycles. The van der Waals surface area contributed by atoms with Gasteiger partial charge in [-0.1, -0.05) is 0 Å². The first-order chi connectivity index (χ1) is 9.99. The molecule has 7 nitrogen and oxygen atoms in total. The lowest BCUT2D eigenvalue weighted by Gasteiger charge is -2.02. The molecule has 0 bridgehead atoms. The molecule has 0 atom stereocenters. The van der Waals surface area contributed by atoms with Gasteiger partial charge in [-0.3, -0.25) is 14.3 Å². The van der Waals surface area contributed by atoms with Crippen molar-refractivity contribution in [1.82, 2.24) is 9.55 Å². The standard InChI is InChI=1S/C13H10N2O5S/c1-6-8-10(21-9(6)12(17)18)14-13(19)15(11(8)16)5-7-3-2-4-20-7/h2-4H,5H2,1H3,(H,14,19)(H,17,18). The number of carboxylic acids is 1. The Bertz CT molecular complexity index is 945. The Kier molecular flexibility index (Phi) is 3.02. The van der Waals surface area contributed by atoms with Gasteiger partial charge in [-0.2, -0.15) is 0 Å². The number of aromatic amines is 1. The average molecular weight is 306 g/mol. The summed E-state index contributed by atoms with van der Waals surface area (Å²) in [4.78, 5) is 38.4. The minimum absolute atomic E-state index is 0.00516. The third-order valence-electron chi connectivity index (χ3n) is 3.16. The number of thiophene rings is 1. The van der Waals surface area contributed by atoms with Crippen molar-refractivity contribution in [2.45, 2.75) is 13.5 Å². The van der Waals surface area contributed by atoms with Crippen LogP contribution in [0.4, 0.5) is 0 Å². The summed E-state index contributed by atoms with van der Waals surface area (Å²) >= 11 is 0.885. The molecule has 0 aliphatic carbocycles. The molecule has 0 saturated heterocycles. The Labute approximate surface area is 121 Å². The molecule has 0 aliphatic heterocycles. The smallest absolute Gasteiger partial charge is 0.346 e. The fourth-order valence-corrected chi connectivity index (χ4v) is 3.18. The highest BCUT2D eigenvalue weighted by Gasteiger charge is 2.19. The van der Waals surface area contributed by atoms with Crippen molar-refractivity contribution in [3.8, 4) is 0 Å². The Morgan fingerprint density at radius 2 is 2.24 bits per heavy atom. The SMILES string of the molecule is Cc1c(C(=O)O)sc2[nH]c(=O)n(Cc3ccco3)c(=O)c12. The molecule has 3 rings (SSSR count). The second-order valence-electron chi connectivity index (χ2n) is 4.47. The van der Waals surface area contributed by atoms with Crippen molar-refractivity contribution in [2.24, 2.45) is 0 Å². The zero-order chi connectivity index (χ0) is 15.1. The van der Waals surface area contributed by atoms with Gasteiger partial charge in [-0.15, -0.1) is 11.3 Å². The van der Waals surface area contributed by atoms with Gasteiger partial charge in [0.25, 0.3) is 5.56 Å². The van der Waals surface area contributed by atoms with Crippen molar-refractivity contribution < 1.29 is 14.3 Å². The van der Waals surface area contributed by atoms with E-state index in [1.54, 1.807) is 19.1 Å². The molecule has 0 amide bonds. The van der Waals surface area contributed by atoms with Crippen LogP contribution in [0, 0.1) is 6.92 Å². The monoisotopic (exact) mass is 306 g/mol. The van der Waals surface area contributed by atoms with E-state index in [9.17, 15) is 14.4 Å². The van der Waals surface area contributed by atoms with Crippen LogP contribution in [0.2, 0.25) is 0 Å². The summed E-state index contributed by atoms with van der Waals surface area (Å²) in [5.41, 5.74) is -0.759. The van der Waals surface area contributed by atoms with Gasteiger partial charge in [0.15, 0.2) is 0 Å². The van der Waals surface area contributed by atoms with Crippen LogP contribution in [0.1, 0.15) is 21.0 Å². The van der Waals surface area contributed by atoms with Crippen LogP contribution in [0.25, 0.3) is 10.2 Å². The molecule has 8 heteroatoms. The van der Waals surface area contributed by atoms with Crippen LogP contribution in [-0.4, -0.2) is 20.6 Å². The molecule has 0 aliphatic rings. The summed E-state index contributed by atoms with van der Waals surface area (Å²) < 4.78 is 6.12. The highest BCUT2D eigenvalue weighted by molar-refractivity contribution is 7.20. The lowest BCUT2D eigenvalue weighted by Crippen LogP contribution is -2.35. The average Bonchev–Trinajstić information content (AvgIpc) is 3.02. The van der Waals surface area contributed by atoms with Gasteiger partial charge in [-0.05, 0) is 24.6 Å². The van der Waals surface area contributed by atoms with Crippen LogP contribution in [0.3, 0.4) is 0 Å². The number of carbonyl (C=O) groups is 1. The van der Waals surface area contributed by atoms with E-state index in [1.807, 2.05) is 0 Å². The number of aromatic nitrogens is 2. The number of nitrogens with one attached hydrogen (secondary N) is 1. The highest BCUT2D eigenvalue weighted by Crippen LogP contribution is 2.26. The predicted octanol–water partition coefficient (Wildman–Crippen LogP) is 1.40. The van der Waals surface area contributed by atoms with E-state index in [0.29, 0.717) is 11.3 Å². The number of carboxylic acid groups (broad SMARTS) is 1. The molecule has 0 fully saturated rings. The van der Waals surface area contributed by atoms with Crippen LogP contribution >= 0.6 is 11.3 Å². The van der Waals surface area contributed by atoms with Crippen LogP contribution in [0.15, 0.2) is 32.4 Å². The quantitative estimate of drug-likeness (QED) is 0.761. The van der Waals surface area contributed by atoms with Gasteiger partial charge < -0.3 is 9.52 Å². The minimum Gasteiger partial charge on any atom is -0.477 e. The second kappa shape index (κ2) is 4.74. The Hall–Kier alpha value is -2.61.